The number of likely N-dealkylation sites (N-methyl/N-ethyl adjacent to an activating group) is 1. The molecule has 1 saturated carbocycles. The van der Waals surface area contributed by atoms with Crippen LogP contribution >= 0.6 is 0 Å². The number of anilines is 1. The highest BCUT2D eigenvalue weighted by atomic mass is 16.5. The lowest BCUT2D eigenvalue weighted by Crippen LogP contribution is -2.37. The Balaban J connectivity index is 1.32. The van der Waals surface area contributed by atoms with E-state index in [0.29, 0.717) is 18.7 Å². The van der Waals surface area contributed by atoms with Gasteiger partial charge in [-0.25, -0.2) is 0 Å². The van der Waals surface area contributed by atoms with Crippen molar-refractivity contribution in [2.45, 2.75) is 45.1 Å². The van der Waals surface area contributed by atoms with Crippen molar-refractivity contribution in [1.29, 1.82) is 0 Å². The molecule has 3 atom stereocenters. The van der Waals surface area contributed by atoms with Crippen LogP contribution in [0.3, 0.4) is 0 Å². The standard InChI is InChI=1S/C31H35N5O/c1-20-6-3-7-23-8-4-10-25(29(20)23)27-15-28-26(16-32-27)30(36-17-21-11-12-22(14-21)18-36)34-31(33-28)37-19-24-9-5-13-35(24)2/h3-4,6-8,10,15-16,21-22,24H,5,9,11-14,17-19H2,1-2H3/t21?,22?,24-/m0/s1. The first kappa shape index (κ1) is 22.9. The van der Waals surface area contributed by atoms with Crippen LogP contribution < -0.4 is 9.64 Å². The molecular weight excluding hydrogens is 458 g/mol. The Morgan fingerprint density at radius 1 is 1.00 bits per heavy atom. The predicted molar refractivity (Wildman–Crippen MR) is 149 cm³/mol. The summed E-state index contributed by atoms with van der Waals surface area (Å²) in [5, 5.41) is 3.50. The third kappa shape index (κ3) is 4.21. The topological polar surface area (TPSA) is 54.4 Å². The molecule has 7 rings (SSSR count). The molecule has 0 spiro atoms. The number of nitrogens with zero attached hydrogens (tertiary/aromatic N) is 5. The second-order valence-electron chi connectivity index (χ2n) is 11.4. The van der Waals surface area contributed by atoms with Crippen LogP contribution in [0, 0.1) is 18.8 Å². The summed E-state index contributed by atoms with van der Waals surface area (Å²) in [6.07, 6.45) is 8.42. The number of piperidine rings is 1. The van der Waals surface area contributed by atoms with Crippen LogP contribution in [0.4, 0.5) is 5.82 Å². The van der Waals surface area contributed by atoms with Gasteiger partial charge in [0.25, 0.3) is 0 Å². The molecule has 2 saturated heterocycles. The first-order valence-electron chi connectivity index (χ1n) is 13.9. The second kappa shape index (κ2) is 9.25. The Labute approximate surface area is 218 Å². The molecule has 6 nitrogen and oxygen atoms in total. The van der Waals surface area contributed by atoms with E-state index >= 15 is 0 Å². The number of aryl methyl sites for hydroxylation is 1. The molecular formula is C31H35N5O. The van der Waals surface area contributed by atoms with Gasteiger partial charge in [-0.3, -0.25) is 4.98 Å². The van der Waals surface area contributed by atoms with Crippen LogP contribution in [0.2, 0.25) is 0 Å². The van der Waals surface area contributed by atoms with Crippen LogP contribution in [0.25, 0.3) is 32.9 Å². The number of pyridine rings is 1. The highest BCUT2D eigenvalue weighted by Crippen LogP contribution is 2.40. The van der Waals surface area contributed by atoms with E-state index < -0.39 is 0 Å². The fourth-order valence-corrected chi connectivity index (χ4v) is 6.92. The first-order chi connectivity index (χ1) is 18.1. The molecule has 37 heavy (non-hydrogen) atoms. The number of fused-ring (bicyclic) bond motifs is 4. The number of hydrogen-bond acceptors (Lipinski definition) is 6. The molecule has 6 heteroatoms. The van der Waals surface area contributed by atoms with E-state index in [9.17, 15) is 0 Å². The monoisotopic (exact) mass is 493 g/mol. The summed E-state index contributed by atoms with van der Waals surface area (Å²) in [7, 11) is 2.18. The Morgan fingerprint density at radius 3 is 2.59 bits per heavy atom. The molecule has 2 aromatic carbocycles. The Bertz CT molecular complexity index is 1450. The van der Waals surface area contributed by atoms with Gasteiger partial charge in [-0.15, -0.1) is 0 Å². The van der Waals surface area contributed by atoms with Crippen molar-refractivity contribution in [3.8, 4) is 17.3 Å². The molecule has 2 aromatic heterocycles. The van der Waals surface area contributed by atoms with E-state index in [0.717, 1.165) is 59.4 Å². The average molecular weight is 494 g/mol. The molecule has 0 amide bonds. The minimum atomic E-state index is 0.431. The number of benzene rings is 2. The number of ether oxygens (including phenoxy) is 1. The first-order valence-corrected chi connectivity index (χ1v) is 13.9. The van der Waals surface area contributed by atoms with Crippen molar-refractivity contribution in [2.75, 3.05) is 38.2 Å². The maximum absolute atomic E-state index is 6.29. The third-order valence-corrected chi connectivity index (χ3v) is 8.91. The lowest BCUT2D eigenvalue weighted by atomic mass is 9.97. The normalized spacial score (nSPS) is 23.8. The van der Waals surface area contributed by atoms with Crippen molar-refractivity contribution in [2.24, 2.45) is 11.8 Å². The van der Waals surface area contributed by atoms with Gasteiger partial charge in [-0.05, 0) is 86.9 Å². The summed E-state index contributed by atoms with van der Waals surface area (Å²) < 4.78 is 6.29. The predicted octanol–water partition coefficient (Wildman–Crippen LogP) is 5.86. The number of hydrogen-bond donors (Lipinski definition) is 0. The van der Waals surface area contributed by atoms with Crippen molar-refractivity contribution < 1.29 is 4.74 Å². The fourth-order valence-electron chi connectivity index (χ4n) is 6.92. The lowest BCUT2D eigenvalue weighted by molar-refractivity contribution is 0.188. The van der Waals surface area contributed by atoms with E-state index in [-0.39, 0.29) is 0 Å². The molecule has 0 radical (unpaired) electrons. The van der Waals surface area contributed by atoms with Gasteiger partial charge in [-0.1, -0.05) is 36.4 Å². The molecule has 4 aromatic rings. The van der Waals surface area contributed by atoms with E-state index in [1.807, 2.05) is 6.20 Å². The van der Waals surface area contributed by atoms with Crippen molar-refractivity contribution in [3.63, 3.8) is 0 Å². The van der Waals surface area contributed by atoms with E-state index in [1.54, 1.807) is 0 Å². The Kier molecular flexibility index (Phi) is 5.73. The van der Waals surface area contributed by atoms with E-state index in [2.05, 4.69) is 66.2 Å². The molecule has 2 bridgehead atoms. The minimum absolute atomic E-state index is 0.431. The zero-order valence-electron chi connectivity index (χ0n) is 21.9. The van der Waals surface area contributed by atoms with Crippen LogP contribution in [0.15, 0.2) is 48.7 Å². The maximum Gasteiger partial charge on any atom is 0.319 e. The fraction of sp³-hybridized carbons (Fsp3) is 0.452. The third-order valence-electron chi connectivity index (χ3n) is 8.91. The zero-order valence-corrected chi connectivity index (χ0v) is 21.9. The minimum Gasteiger partial charge on any atom is -0.462 e. The van der Waals surface area contributed by atoms with Crippen LogP contribution in [0.5, 0.6) is 6.01 Å². The van der Waals surface area contributed by atoms with Gasteiger partial charge >= 0.3 is 6.01 Å². The van der Waals surface area contributed by atoms with Crippen molar-refractivity contribution in [3.05, 3.63) is 54.2 Å². The highest BCUT2D eigenvalue weighted by Gasteiger charge is 2.34. The van der Waals surface area contributed by atoms with Gasteiger partial charge in [0.05, 0.1) is 16.6 Å². The Hall–Kier alpha value is -3.25. The molecule has 3 aliphatic rings. The molecule has 4 heterocycles. The smallest absolute Gasteiger partial charge is 0.319 e. The summed E-state index contributed by atoms with van der Waals surface area (Å²) in [4.78, 5) is 19.8. The molecule has 3 fully saturated rings. The maximum atomic E-state index is 6.29. The average Bonchev–Trinajstić information content (AvgIpc) is 3.49. The molecule has 2 unspecified atom stereocenters. The summed E-state index contributed by atoms with van der Waals surface area (Å²) in [6.45, 7) is 6.07. The number of aromatic nitrogens is 3. The van der Waals surface area contributed by atoms with Gasteiger partial charge < -0.3 is 14.5 Å². The van der Waals surface area contributed by atoms with Gasteiger partial charge in [0.15, 0.2) is 0 Å². The van der Waals surface area contributed by atoms with Gasteiger partial charge in [0.1, 0.15) is 12.4 Å². The summed E-state index contributed by atoms with van der Waals surface area (Å²) in [5.41, 5.74) is 4.25. The SMILES string of the molecule is Cc1cccc2cccc(-c3cc4nc(OC[C@@H]5CCCN5C)nc(N5CC6CCC(C6)C5)c4cn3)c12. The van der Waals surface area contributed by atoms with Crippen LogP contribution in [-0.4, -0.2) is 59.2 Å². The molecule has 1 aliphatic carbocycles. The lowest BCUT2D eigenvalue weighted by Gasteiger charge is -2.33. The second-order valence-corrected chi connectivity index (χ2v) is 11.4. The molecule has 0 N–H and O–H groups in total. The summed E-state index contributed by atoms with van der Waals surface area (Å²) >= 11 is 0. The zero-order chi connectivity index (χ0) is 24.9. The number of likely N-dealkylation sites (tertiary alicyclic amines) is 1. The Morgan fingerprint density at radius 2 is 1.81 bits per heavy atom. The largest absolute Gasteiger partial charge is 0.462 e. The highest BCUT2D eigenvalue weighted by molar-refractivity contribution is 6.00. The molecule has 2 aliphatic heterocycles. The van der Waals surface area contributed by atoms with E-state index in [1.165, 1.54) is 48.4 Å². The quantitative estimate of drug-likeness (QED) is 0.347. The summed E-state index contributed by atoms with van der Waals surface area (Å²) in [5.74, 6) is 2.53. The van der Waals surface area contributed by atoms with Crippen LogP contribution in [0.1, 0.15) is 37.7 Å². The number of rotatable bonds is 5. The van der Waals surface area contributed by atoms with E-state index in [4.69, 9.17) is 19.7 Å². The van der Waals surface area contributed by atoms with Crippen molar-refractivity contribution in [1.82, 2.24) is 19.9 Å². The summed E-state index contributed by atoms with van der Waals surface area (Å²) in [6, 6.07) is 16.0. The molecule has 190 valence electrons. The van der Waals surface area contributed by atoms with Gasteiger partial charge in [0, 0.05) is 30.9 Å². The van der Waals surface area contributed by atoms with Crippen molar-refractivity contribution >= 4 is 27.5 Å². The van der Waals surface area contributed by atoms with Gasteiger partial charge in [-0.2, -0.15) is 9.97 Å². The van der Waals surface area contributed by atoms with Gasteiger partial charge in [0.2, 0.25) is 0 Å². The van der Waals surface area contributed by atoms with Crippen LogP contribution in [-0.2, 0) is 0 Å².